The van der Waals surface area contributed by atoms with Crippen molar-refractivity contribution < 1.29 is 14.2 Å². The molecule has 204 valence electrons. The summed E-state index contributed by atoms with van der Waals surface area (Å²) in [5, 5.41) is 7.33. The summed E-state index contributed by atoms with van der Waals surface area (Å²) in [6.07, 6.45) is 3.95. The summed E-state index contributed by atoms with van der Waals surface area (Å²) in [5.74, 6) is 2.55. The Balaban J connectivity index is 1.29. The molecule has 0 saturated carbocycles. The van der Waals surface area contributed by atoms with E-state index in [-0.39, 0.29) is 0 Å². The number of rotatable bonds is 9. The van der Waals surface area contributed by atoms with Crippen molar-refractivity contribution in [3.05, 3.63) is 91.0 Å². The van der Waals surface area contributed by atoms with E-state index >= 15 is 0 Å². The zero-order chi connectivity index (χ0) is 27.3. The zero-order valence-corrected chi connectivity index (χ0v) is 23.2. The summed E-state index contributed by atoms with van der Waals surface area (Å²) in [6.45, 7) is 4.07. The number of nitrogens with zero attached hydrogens (tertiary/aromatic N) is 3. The van der Waals surface area contributed by atoms with E-state index in [0.717, 1.165) is 62.8 Å². The summed E-state index contributed by atoms with van der Waals surface area (Å²) >= 11 is 0. The lowest BCUT2D eigenvalue weighted by Crippen LogP contribution is -2.33. The maximum absolute atomic E-state index is 6.06. The van der Waals surface area contributed by atoms with Gasteiger partial charge in [0.25, 0.3) is 0 Å². The van der Waals surface area contributed by atoms with Crippen LogP contribution in [-0.2, 0) is 0 Å². The molecule has 5 aromatic rings. The highest BCUT2D eigenvalue weighted by atomic mass is 16.5. The molecule has 40 heavy (non-hydrogen) atoms. The molecule has 0 atom stereocenters. The van der Waals surface area contributed by atoms with Gasteiger partial charge in [0.2, 0.25) is 0 Å². The van der Waals surface area contributed by atoms with Crippen molar-refractivity contribution in [1.82, 2.24) is 14.7 Å². The molecule has 0 amide bonds. The molecule has 6 nitrogen and oxygen atoms in total. The van der Waals surface area contributed by atoms with Gasteiger partial charge in [-0.25, -0.2) is 4.68 Å². The fourth-order valence-electron chi connectivity index (χ4n) is 5.36. The largest absolute Gasteiger partial charge is 0.497 e. The molecule has 1 aliphatic rings. The minimum atomic E-state index is 0.712. The zero-order valence-electron chi connectivity index (χ0n) is 23.2. The number of aromatic nitrogens is 2. The molecule has 2 heterocycles. The Morgan fingerprint density at radius 3 is 2.05 bits per heavy atom. The Morgan fingerprint density at radius 2 is 1.30 bits per heavy atom. The molecule has 0 unspecified atom stereocenters. The van der Waals surface area contributed by atoms with Crippen molar-refractivity contribution >= 4 is 10.8 Å². The summed E-state index contributed by atoms with van der Waals surface area (Å²) in [6, 6.07) is 31.0. The van der Waals surface area contributed by atoms with E-state index in [9.17, 15) is 0 Å². The van der Waals surface area contributed by atoms with E-state index in [4.69, 9.17) is 19.3 Å². The van der Waals surface area contributed by atoms with Crippen molar-refractivity contribution in [2.24, 2.45) is 0 Å². The van der Waals surface area contributed by atoms with Gasteiger partial charge in [0.05, 0.1) is 31.3 Å². The standard InChI is InChI=1S/C34H35N3O3/c1-38-30-16-11-29(12-17-30)37-34(28-7-6-27-23-32(39-2)15-10-26(27)22-28)24-33(35-37)25-8-13-31(14-9-25)40-21-20-36-18-4-3-5-19-36/h6-17,22-24H,3-5,18-21H2,1-2H3. The first kappa shape index (κ1) is 26.0. The number of hydrogen-bond acceptors (Lipinski definition) is 5. The van der Waals surface area contributed by atoms with Crippen molar-refractivity contribution in [2.75, 3.05) is 40.5 Å². The molecule has 0 spiro atoms. The third-order valence-electron chi connectivity index (χ3n) is 7.64. The second-order valence-corrected chi connectivity index (χ2v) is 10.2. The summed E-state index contributed by atoms with van der Waals surface area (Å²) in [5.41, 5.74) is 5.02. The quantitative estimate of drug-likeness (QED) is 0.200. The summed E-state index contributed by atoms with van der Waals surface area (Å²) in [4.78, 5) is 2.49. The molecule has 0 bridgehead atoms. The smallest absolute Gasteiger partial charge is 0.119 e. The van der Waals surface area contributed by atoms with Crippen LogP contribution in [0.25, 0.3) is 39.0 Å². The van der Waals surface area contributed by atoms with E-state index in [1.807, 2.05) is 47.1 Å². The Labute approximate surface area is 235 Å². The predicted octanol–water partition coefficient (Wildman–Crippen LogP) is 7.24. The maximum Gasteiger partial charge on any atom is 0.119 e. The van der Waals surface area contributed by atoms with Gasteiger partial charge in [0.1, 0.15) is 23.9 Å². The van der Waals surface area contributed by atoms with E-state index in [2.05, 4.69) is 53.4 Å². The highest BCUT2D eigenvalue weighted by Crippen LogP contribution is 2.32. The van der Waals surface area contributed by atoms with Crippen LogP contribution in [0.3, 0.4) is 0 Å². The van der Waals surface area contributed by atoms with E-state index < -0.39 is 0 Å². The molecule has 4 aromatic carbocycles. The van der Waals surface area contributed by atoms with Gasteiger partial charge in [-0.3, -0.25) is 4.90 Å². The second-order valence-electron chi connectivity index (χ2n) is 10.2. The third-order valence-corrected chi connectivity index (χ3v) is 7.64. The van der Waals surface area contributed by atoms with Crippen LogP contribution in [0, 0.1) is 0 Å². The van der Waals surface area contributed by atoms with E-state index in [1.54, 1.807) is 14.2 Å². The van der Waals surface area contributed by atoms with Gasteiger partial charge < -0.3 is 14.2 Å². The van der Waals surface area contributed by atoms with Gasteiger partial charge >= 0.3 is 0 Å². The first-order chi connectivity index (χ1) is 19.7. The van der Waals surface area contributed by atoms with Crippen LogP contribution in [-0.4, -0.2) is 55.1 Å². The number of likely N-dealkylation sites (tertiary alicyclic amines) is 1. The average molecular weight is 534 g/mol. The van der Waals surface area contributed by atoms with Crippen molar-refractivity contribution in [3.8, 4) is 45.5 Å². The third kappa shape index (κ3) is 5.68. The van der Waals surface area contributed by atoms with Crippen LogP contribution in [0.2, 0.25) is 0 Å². The van der Waals surface area contributed by atoms with Gasteiger partial charge in [0.15, 0.2) is 0 Å². The molecule has 0 radical (unpaired) electrons. The molecule has 1 aliphatic heterocycles. The van der Waals surface area contributed by atoms with Crippen LogP contribution in [0.15, 0.2) is 91.0 Å². The van der Waals surface area contributed by atoms with Crippen LogP contribution < -0.4 is 14.2 Å². The van der Waals surface area contributed by atoms with Crippen molar-refractivity contribution in [2.45, 2.75) is 19.3 Å². The number of piperidine rings is 1. The van der Waals surface area contributed by atoms with Crippen LogP contribution in [0.4, 0.5) is 0 Å². The first-order valence-electron chi connectivity index (χ1n) is 14.0. The van der Waals surface area contributed by atoms with Crippen LogP contribution >= 0.6 is 0 Å². The van der Waals surface area contributed by atoms with E-state index in [0.29, 0.717) is 6.61 Å². The molecule has 0 N–H and O–H groups in total. The Kier molecular flexibility index (Phi) is 7.69. The molecule has 1 fully saturated rings. The molecule has 6 heteroatoms. The molecule has 0 aliphatic carbocycles. The second kappa shape index (κ2) is 11.8. The number of hydrogen-bond donors (Lipinski definition) is 0. The fraction of sp³-hybridized carbons (Fsp3) is 0.265. The molecule has 6 rings (SSSR count). The molecule has 1 saturated heterocycles. The monoisotopic (exact) mass is 533 g/mol. The summed E-state index contributed by atoms with van der Waals surface area (Å²) < 4.78 is 18.8. The number of methoxy groups -OCH3 is 2. The maximum atomic E-state index is 6.06. The first-order valence-corrected chi connectivity index (χ1v) is 14.0. The van der Waals surface area contributed by atoms with Crippen molar-refractivity contribution in [1.29, 1.82) is 0 Å². The van der Waals surface area contributed by atoms with Crippen LogP contribution in [0.1, 0.15) is 19.3 Å². The van der Waals surface area contributed by atoms with Gasteiger partial charge in [-0.1, -0.05) is 24.6 Å². The normalized spacial score (nSPS) is 13.8. The lowest BCUT2D eigenvalue weighted by molar-refractivity contribution is 0.183. The topological polar surface area (TPSA) is 48.8 Å². The number of ether oxygens (including phenoxy) is 3. The Hall–Kier alpha value is -4.29. The Morgan fingerprint density at radius 1 is 0.650 bits per heavy atom. The fourth-order valence-corrected chi connectivity index (χ4v) is 5.36. The SMILES string of the molecule is COc1ccc(-n2nc(-c3ccc(OCCN4CCCCC4)cc3)cc2-c2ccc3cc(OC)ccc3c2)cc1. The summed E-state index contributed by atoms with van der Waals surface area (Å²) in [7, 11) is 3.37. The lowest BCUT2D eigenvalue weighted by Gasteiger charge is -2.26. The number of fused-ring (bicyclic) bond motifs is 1. The molecule has 1 aromatic heterocycles. The minimum Gasteiger partial charge on any atom is -0.497 e. The van der Waals surface area contributed by atoms with Crippen LogP contribution in [0.5, 0.6) is 17.2 Å². The van der Waals surface area contributed by atoms with Gasteiger partial charge in [0, 0.05) is 17.7 Å². The van der Waals surface area contributed by atoms with Gasteiger partial charge in [-0.05, 0) is 110 Å². The minimum absolute atomic E-state index is 0.712. The van der Waals surface area contributed by atoms with Crippen molar-refractivity contribution in [3.63, 3.8) is 0 Å². The van der Waals surface area contributed by atoms with E-state index in [1.165, 1.54) is 32.4 Å². The lowest BCUT2D eigenvalue weighted by atomic mass is 10.0. The Bertz CT molecular complexity index is 1570. The highest BCUT2D eigenvalue weighted by Gasteiger charge is 2.15. The molecular weight excluding hydrogens is 498 g/mol. The average Bonchev–Trinajstić information content (AvgIpc) is 3.47. The molecular formula is C34H35N3O3. The highest BCUT2D eigenvalue weighted by molar-refractivity contribution is 5.88. The number of benzene rings is 4. The predicted molar refractivity (Wildman–Crippen MR) is 161 cm³/mol. The van der Waals surface area contributed by atoms with Gasteiger partial charge in [-0.15, -0.1) is 0 Å². The van der Waals surface area contributed by atoms with Gasteiger partial charge in [-0.2, -0.15) is 5.10 Å².